The van der Waals surface area contributed by atoms with Crippen LogP contribution in [0.1, 0.15) is 24.8 Å². The largest absolute Gasteiger partial charge is 0.484 e. The molecule has 2 aromatic carbocycles. The van der Waals surface area contributed by atoms with Crippen LogP contribution in [0.3, 0.4) is 0 Å². The van der Waals surface area contributed by atoms with E-state index in [9.17, 15) is 19.1 Å². The van der Waals surface area contributed by atoms with E-state index in [1.54, 1.807) is 18.2 Å². The van der Waals surface area contributed by atoms with E-state index in [2.05, 4.69) is 10.3 Å². The second-order valence-corrected chi connectivity index (χ2v) is 8.16. The zero-order valence-corrected chi connectivity index (χ0v) is 18.1. The van der Waals surface area contributed by atoms with E-state index in [4.69, 9.17) is 32.4 Å². The van der Waals surface area contributed by atoms with Gasteiger partial charge in [-0.1, -0.05) is 23.2 Å². The lowest BCUT2D eigenvalue weighted by Gasteiger charge is -2.36. The molecular formula is C21H18Cl2FN3O5. The minimum atomic E-state index is -1.15. The third-order valence-corrected chi connectivity index (χ3v) is 5.65. The van der Waals surface area contributed by atoms with Crippen molar-refractivity contribution >= 4 is 46.3 Å². The molecule has 1 fully saturated rings. The highest BCUT2D eigenvalue weighted by Crippen LogP contribution is 2.33. The maximum atomic E-state index is 13.5. The van der Waals surface area contributed by atoms with Gasteiger partial charge in [0.25, 0.3) is 5.91 Å². The Morgan fingerprint density at radius 3 is 2.81 bits per heavy atom. The Bertz CT molecular complexity index is 1170. The van der Waals surface area contributed by atoms with Crippen LogP contribution in [0.4, 0.5) is 9.18 Å². The van der Waals surface area contributed by atoms with E-state index in [1.165, 1.54) is 17.0 Å². The number of carbonyl (C=O) groups is 2. The first-order valence-corrected chi connectivity index (χ1v) is 10.5. The van der Waals surface area contributed by atoms with Gasteiger partial charge in [-0.3, -0.25) is 9.69 Å². The van der Waals surface area contributed by atoms with Crippen molar-refractivity contribution in [3.8, 4) is 5.75 Å². The number of fused-ring (bicyclic) bond motifs is 1. The van der Waals surface area contributed by atoms with Crippen molar-refractivity contribution in [2.75, 3.05) is 13.2 Å². The molecule has 2 atom stereocenters. The number of carbonyl (C=O) groups excluding carboxylic acids is 1. The third kappa shape index (κ3) is 4.89. The number of hydrogen-bond donors (Lipinski definition) is 2. The number of carboxylic acid groups (broad SMARTS) is 1. The van der Waals surface area contributed by atoms with E-state index < -0.39 is 29.9 Å². The lowest BCUT2D eigenvalue weighted by Crippen LogP contribution is -2.51. The molecule has 2 amide bonds. The van der Waals surface area contributed by atoms with Crippen LogP contribution in [0, 0.1) is 5.82 Å². The van der Waals surface area contributed by atoms with Gasteiger partial charge in [0.1, 0.15) is 23.1 Å². The summed E-state index contributed by atoms with van der Waals surface area (Å²) in [5.74, 6) is -0.663. The average molecular weight is 482 g/mol. The zero-order chi connectivity index (χ0) is 22.8. The Morgan fingerprint density at radius 2 is 2.06 bits per heavy atom. The van der Waals surface area contributed by atoms with Crippen LogP contribution in [-0.2, 0) is 4.79 Å². The number of piperidine rings is 1. The zero-order valence-electron chi connectivity index (χ0n) is 16.6. The van der Waals surface area contributed by atoms with E-state index in [0.717, 1.165) is 6.07 Å². The van der Waals surface area contributed by atoms with Gasteiger partial charge in [-0.15, -0.1) is 0 Å². The fourth-order valence-corrected chi connectivity index (χ4v) is 3.89. The molecule has 1 aromatic heterocycles. The van der Waals surface area contributed by atoms with E-state index in [0.29, 0.717) is 29.0 Å². The summed E-state index contributed by atoms with van der Waals surface area (Å²) in [4.78, 5) is 29.7. The highest BCUT2D eigenvalue weighted by molar-refractivity contribution is 6.31. The summed E-state index contributed by atoms with van der Waals surface area (Å²) >= 11 is 11.6. The van der Waals surface area contributed by atoms with Gasteiger partial charge in [0.2, 0.25) is 5.89 Å². The number of halogens is 3. The molecule has 0 spiro atoms. The summed E-state index contributed by atoms with van der Waals surface area (Å²) in [6.45, 7) is -0.291. The number of ether oxygens (including phenoxy) is 1. The number of aromatic nitrogens is 1. The van der Waals surface area contributed by atoms with Crippen LogP contribution < -0.4 is 10.1 Å². The number of nitrogens with one attached hydrogen (secondary N) is 1. The Labute approximate surface area is 191 Å². The summed E-state index contributed by atoms with van der Waals surface area (Å²) in [6.07, 6.45) is -0.238. The standard InChI is InChI=1S/C21H18Cl2FN3O5/c22-11-1-6-18-16(7-11)26-20(32-18)17-5-2-12(9-27(17)21(29)30)25-19(28)10-31-13-3-4-14(23)15(24)8-13/h1,3-4,6-8,12,17H,2,5,9-10H2,(H,25,28)(H,29,30)/t12-,17+/m0/s1. The van der Waals surface area contributed by atoms with Crippen molar-refractivity contribution in [1.82, 2.24) is 15.2 Å². The van der Waals surface area contributed by atoms with Crippen molar-refractivity contribution < 1.29 is 28.2 Å². The second kappa shape index (κ2) is 9.22. The van der Waals surface area contributed by atoms with Gasteiger partial charge in [0, 0.05) is 23.7 Å². The highest BCUT2D eigenvalue weighted by atomic mass is 35.5. The molecule has 2 heterocycles. The van der Waals surface area contributed by atoms with Gasteiger partial charge in [0.15, 0.2) is 12.2 Å². The van der Waals surface area contributed by atoms with Gasteiger partial charge in [-0.25, -0.2) is 14.2 Å². The summed E-state index contributed by atoms with van der Waals surface area (Å²) in [5.41, 5.74) is 1.06. The molecule has 4 rings (SSSR count). The van der Waals surface area contributed by atoms with E-state index >= 15 is 0 Å². The topological polar surface area (TPSA) is 105 Å². The molecule has 0 radical (unpaired) electrons. The molecule has 2 N–H and O–H groups in total. The summed E-state index contributed by atoms with van der Waals surface area (Å²) in [5, 5.41) is 12.9. The number of benzene rings is 2. The summed E-state index contributed by atoms with van der Waals surface area (Å²) < 4.78 is 24.5. The Balaban J connectivity index is 1.38. The van der Waals surface area contributed by atoms with Crippen LogP contribution in [0.25, 0.3) is 11.1 Å². The smallest absolute Gasteiger partial charge is 0.408 e. The monoisotopic (exact) mass is 481 g/mol. The molecule has 11 heteroatoms. The van der Waals surface area contributed by atoms with E-state index in [-0.39, 0.29) is 29.8 Å². The van der Waals surface area contributed by atoms with Crippen LogP contribution in [0.2, 0.25) is 10.0 Å². The Kier molecular flexibility index (Phi) is 6.38. The average Bonchev–Trinajstić information content (AvgIpc) is 3.17. The first-order valence-electron chi connectivity index (χ1n) is 9.73. The highest BCUT2D eigenvalue weighted by Gasteiger charge is 2.36. The number of hydrogen-bond acceptors (Lipinski definition) is 5. The first-order chi connectivity index (χ1) is 15.3. The fraction of sp³-hybridized carbons (Fsp3) is 0.286. The van der Waals surface area contributed by atoms with Gasteiger partial charge >= 0.3 is 6.09 Å². The first kappa shape index (κ1) is 22.2. The number of nitrogens with zero attached hydrogens (tertiary/aromatic N) is 2. The van der Waals surface area contributed by atoms with Crippen molar-refractivity contribution in [1.29, 1.82) is 0 Å². The van der Waals surface area contributed by atoms with Gasteiger partial charge in [0.05, 0.1) is 5.02 Å². The SMILES string of the molecule is O=C(COc1ccc(Cl)c(F)c1)N[C@H]1CC[C@H](c2nc3cc(Cl)ccc3o2)N(C(=O)O)C1. The lowest BCUT2D eigenvalue weighted by molar-refractivity contribution is -0.124. The molecule has 8 nitrogen and oxygen atoms in total. The summed E-state index contributed by atoms with van der Waals surface area (Å²) in [7, 11) is 0. The predicted molar refractivity (Wildman–Crippen MR) is 115 cm³/mol. The molecule has 1 aliphatic rings. The maximum absolute atomic E-state index is 13.5. The molecule has 0 saturated carbocycles. The van der Waals surface area contributed by atoms with Gasteiger partial charge in [-0.05, 0) is 43.2 Å². The minimum absolute atomic E-state index is 0.0469. The molecule has 0 unspecified atom stereocenters. The Morgan fingerprint density at radius 1 is 1.25 bits per heavy atom. The molecule has 32 heavy (non-hydrogen) atoms. The van der Waals surface area contributed by atoms with Crippen LogP contribution in [-0.4, -0.2) is 46.2 Å². The predicted octanol–water partition coefficient (Wildman–Crippen LogP) is 4.65. The van der Waals surface area contributed by atoms with Crippen molar-refractivity contribution in [2.45, 2.75) is 24.9 Å². The Hall–Kier alpha value is -3.04. The molecular weight excluding hydrogens is 464 g/mol. The normalized spacial score (nSPS) is 18.5. The molecule has 1 saturated heterocycles. The second-order valence-electron chi connectivity index (χ2n) is 7.32. The van der Waals surface area contributed by atoms with Gasteiger partial charge < -0.3 is 19.6 Å². The third-order valence-electron chi connectivity index (χ3n) is 5.10. The van der Waals surface area contributed by atoms with E-state index in [1.807, 2.05) is 0 Å². The van der Waals surface area contributed by atoms with Crippen molar-refractivity contribution in [3.63, 3.8) is 0 Å². The minimum Gasteiger partial charge on any atom is -0.484 e. The maximum Gasteiger partial charge on any atom is 0.408 e. The van der Waals surface area contributed by atoms with Crippen LogP contribution in [0.15, 0.2) is 40.8 Å². The quantitative estimate of drug-likeness (QED) is 0.549. The lowest BCUT2D eigenvalue weighted by atomic mass is 9.98. The molecule has 3 aromatic rings. The van der Waals surface area contributed by atoms with Crippen molar-refractivity contribution in [2.24, 2.45) is 0 Å². The number of likely N-dealkylation sites (tertiary alicyclic amines) is 1. The molecule has 0 aliphatic carbocycles. The number of oxazole rings is 1. The molecule has 168 valence electrons. The number of amides is 2. The van der Waals surface area contributed by atoms with Crippen LogP contribution >= 0.6 is 23.2 Å². The van der Waals surface area contributed by atoms with Gasteiger partial charge in [-0.2, -0.15) is 0 Å². The van der Waals surface area contributed by atoms with Crippen molar-refractivity contribution in [3.05, 3.63) is 58.2 Å². The number of rotatable bonds is 5. The summed E-state index contributed by atoms with van der Waals surface area (Å²) in [6, 6.07) is 7.85. The molecule has 0 bridgehead atoms. The molecule has 1 aliphatic heterocycles. The van der Waals surface area contributed by atoms with Crippen LogP contribution in [0.5, 0.6) is 5.75 Å². The fourth-order valence-electron chi connectivity index (χ4n) is 3.60.